The maximum absolute atomic E-state index is 13.1. The van der Waals surface area contributed by atoms with Gasteiger partial charge in [0.25, 0.3) is 0 Å². The van der Waals surface area contributed by atoms with Crippen LogP contribution in [0.25, 0.3) is 0 Å². The number of rotatable bonds is 7. The smallest absolute Gasteiger partial charge is 0.228 e. The van der Waals surface area contributed by atoms with E-state index in [2.05, 4.69) is 12.1 Å². The summed E-state index contributed by atoms with van der Waals surface area (Å²) in [4.78, 5) is 28.9. The Morgan fingerprint density at radius 2 is 1.65 bits per heavy atom. The SMILES string of the molecule is CCN1CC(C(=O)N(CCc2ccccc2)Cc2ccccc2)CC1=O. The molecule has 0 aliphatic carbocycles. The summed E-state index contributed by atoms with van der Waals surface area (Å²) in [6.45, 7) is 4.43. The van der Waals surface area contributed by atoms with Crippen LogP contribution in [0.15, 0.2) is 60.7 Å². The summed E-state index contributed by atoms with van der Waals surface area (Å²) >= 11 is 0. The number of carbonyl (C=O) groups excluding carboxylic acids is 2. The summed E-state index contributed by atoms with van der Waals surface area (Å²) in [5, 5.41) is 0. The lowest BCUT2D eigenvalue weighted by Gasteiger charge is -2.26. The molecule has 0 radical (unpaired) electrons. The standard InChI is InChI=1S/C22H26N2O2/c1-2-23-17-20(15-21(23)25)22(26)24(16-19-11-7-4-8-12-19)14-13-18-9-5-3-6-10-18/h3-12,20H,2,13-17H2,1H3. The van der Waals surface area contributed by atoms with Crippen molar-refractivity contribution in [2.45, 2.75) is 26.3 Å². The summed E-state index contributed by atoms with van der Waals surface area (Å²) in [7, 11) is 0. The van der Waals surface area contributed by atoms with E-state index in [1.807, 2.05) is 60.4 Å². The maximum atomic E-state index is 13.1. The van der Waals surface area contributed by atoms with Crippen molar-refractivity contribution >= 4 is 11.8 Å². The zero-order valence-electron chi connectivity index (χ0n) is 15.3. The highest BCUT2D eigenvalue weighted by atomic mass is 16.2. The number of benzene rings is 2. The zero-order chi connectivity index (χ0) is 18.4. The van der Waals surface area contributed by atoms with Gasteiger partial charge in [0.15, 0.2) is 0 Å². The number of nitrogens with zero attached hydrogens (tertiary/aromatic N) is 2. The molecule has 26 heavy (non-hydrogen) atoms. The predicted octanol–water partition coefficient (Wildman–Crippen LogP) is 3.13. The molecule has 1 heterocycles. The van der Waals surface area contributed by atoms with Gasteiger partial charge in [-0.2, -0.15) is 0 Å². The first-order chi connectivity index (χ1) is 12.7. The number of likely N-dealkylation sites (tertiary alicyclic amines) is 1. The average molecular weight is 350 g/mol. The summed E-state index contributed by atoms with van der Waals surface area (Å²) in [6, 6.07) is 20.3. The minimum Gasteiger partial charge on any atom is -0.342 e. The van der Waals surface area contributed by atoms with Crippen LogP contribution in [0, 0.1) is 5.92 Å². The van der Waals surface area contributed by atoms with Gasteiger partial charge < -0.3 is 9.80 Å². The van der Waals surface area contributed by atoms with Crippen molar-refractivity contribution in [3.63, 3.8) is 0 Å². The minimum absolute atomic E-state index is 0.0913. The highest BCUT2D eigenvalue weighted by Crippen LogP contribution is 2.21. The Labute approximate surface area is 155 Å². The molecule has 1 unspecified atom stereocenters. The Morgan fingerprint density at radius 1 is 1.04 bits per heavy atom. The van der Waals surface area contributed by atoms with E-state index in [0.29, 0.717) is 32.6 Å². The number of carbonyl (C=O) groups is 2. The largest absolute Gasteiger partial charge is 0.342 e. The first kappa shape index (κ1) is 18.2. The van der Waals surface area contributed by atoms with Gasteiger partial charge in [-0.05, 0) is 24.5 Å². The molecule has 2 amide bonds. The zero-order valence-corrected chi connectivity index (χ0v) is 15.3. The average Bonchev–Trinajstić information content (AvgIpc) is 3.07. The van der Waals surface area contributed by atoms with Gasteiger partial charge in [0.1, 0.15) is 0 Å². The summed E-state index contributed by atoms with van der Waals surface area (Å²) in [5.41, 5.74) is 2.33. The molecule has 2 aromatic rings. The fourth-order valence-electron chi connectivity index (χ4n) is 3.48. The first-order valence-electron chi connectivity index (χ1n) is 9.31. The van der Waals surface area contributed by atoms with Gasteiger partial charge in [-0.25, -0.2) is 0 Å². The highest BCUT2D eigenvalue weighted by Gasteiger charge is 2.35. The Hall–Kier alpha value is -2.62. The van der Waals surface area contributed by atoms with Crippen LogP contribution in [0.2, 0.25) is 0 Å². The molecule has 1 fully saturated rings. The molecule has 0 spiro atoms. The fourth-order valence-corrected chi connectivity index (χ4v) is 3.48. The van der Waals surface area contributed by atoms with Crippen LogP contribution in [0.4, 0.5) is 0 Å². The number of hydrogen-bond acceptors (Lipinski definition) is 2. The second kappa shape index (κ2) is 8.65. The Balaban J connectivity index is 1.71. The molecule has 0 aromatic heterocycles. The predicted molar refractivity (Wildman–Crippen MR) is 102 cm³/mol. The number of hydrogen-bond donors (Lipinski definition) is 0. The van der Waals surface area contributed by atoms with E-state index in [0.717, 1.165) is 12.0 Å². The van der Waals surface area contributed by atoms with Gasteiger partial charge >= 0.3 is 0 Å². The van der Waals surface area contributed by atoms with Crippen molar-refractivity contribution < 1.29 is 9.59 Å². The molecule has 3 rings (SSSR count). The molecule has 0 N–H and O–H groups in total. The van der Waals surface area contributed by atoms with E-state index >= 15 is 0 Å². The van der Waals surface area contributed by atoms with Crippen molar-refractivity contribution in [1.82, 2.24) is 9.80 Å². The van der Waals surface area contributed by atoms with Crippen LogP contribution in [0.3, 0.4) is 0 Å². The van der Waals surface area contributed by atoms with E-state index in [-0.39, 0.29) is 17.7 Å². The van der Waals surface area contributed by atoms with Crippen LogP contribution in [0.5, 0.6) is 0 Å². The first-order valence-corrected chi connectivity index (χ1v) is 9.31. The van der Waals surface area contributed by atoms with Gasteiger partial charge in [0, 0.05) is 32.6 Å². The van der Waals surface area contributed by atoms with Gasteiger partial charge in [-0.3, -0.25) is 9.59 Å². The lowest BCUT2D eigenvalue weighted by atomic mass is 10.1. The summed E-state index contributed by atoms with van der Waals surface area (Å²) in [6.07, 6.45) is 1.15. The van der Waals surface area contributed by atoms with E-state index in [4.69, 9.17) is 0 Å². The van der Waals surface area contributed by atoms with Crippen molar-refractivity contribution in [2.75, 3.05) is 19.6 Å². The molecule has 0 bridgehead atoms. The van der Waals surface area contributed by atoms with Crippen LogP contribution < -0.4 is 0 Å². The van der Waals surface area contributed by atoms with Gasteiger partial charge in [-0.1, -0.05) is 60.7 Å². The van der Waals surface area contributed by atoms with Crippen molar-refractivity contribution in [3.8, 4) is 0 Å². The monoisotopic (exact) mass is 350 g/mol. The Bertz CT molecular complexity index is 730. The molecule has 1 aliphatic heterocycles. The Morgan fingerprint density at radius 3 is 2.23 bits per heavy atom. The van der Waals surface area contributed by atoms with Crippen molar-refractivity contribution in [1.29, 1.82) is 0 Å². The van der Waals surface area contributed by atoms with Gasteiger partial charge in [0.05, 0.1) is 5.92 Å². The van der Waals surface area contributed by atoms with E-state index in [9.17, 15) is 9.59 Å². The quantitative estimate of drug-likeness (QED) is 0.770. The molecule has 1 saturated heterocycles. The van der Waals surface area contributed by atoms with Crippen molar-refractivity contribution in [2.24, 2.45) is 5.92 Å². The molecule has 4 heteroatoms. The second-order valence-electron chi connectivity index (χ2n) is 6.81. The number of amides is 2. The summed E-state index contributed by atoms with van der Waals surface area (Å²) < 4.78 is 0. The highest BCUT2D eigenvalue weighted by molar-refractivity contribution is 5.89. The molecular weight excluding hydrogens is 324 g/mol. The van der Waals surface area contributed by atoms with Gasteiger partial charge in [0.2, 0.25) is 11.8 Å². The Kier molecular flexibility index (Phi) is 6.05. The van der Waals surface area contributed by atoms with E-state index in [1.165, 1.54) is 5.56 Å². The topological polar surface area (TPSA) is 40.6 Å². The molecule has 1 atom stereocenters. The normalized spacial score (nSPS) is 16.7. The van der Waals surface area contributed by atoms with E-state index < -0.39 is 0 Å². The third kappa shape index (κ3) is 4.51. The molecule has 1 aliphatic rings. The van der Waals surface area contributed by atoms with E-state index in [1.54, 1.807) is 4.90 Å². The lowest BCUT2D eigenvalue weighted by molar-refractivity contribution is -0.136. The van der Waals surface area contributed by atoms with Gasteiger partial charge in [-0.15, -0.1) is 0 Å². The molecular formula is C22H26N2O2. The molecule has 0 saturated carbocycles. The molecule has 2 aromatic carbocycles. The van der Waals surface area contributed by atoms with Crippen LogP contribution in [-0.2, 0) is 22.6 Å². The van der Waals surface area contributed by atoms with Crippen LogP contribution in [0.1, 0.15) is 24.5 Å². The van der Waals surface area contributed by atoms with Crippen molar-refractivity contribution in [3.05, 3.63) is 71.8 Å². The van der Waals surface area contributed by atoms with Crippen LogP contribution >= 0.6 is 0 Å². The maximum Gasteiger partial charge on any atom is 0.228 e. The minimum atomic E-state index is -0.220. The second-order valence-corrected chi connectivity index (χ2v) is 6.81. The third-order valence-electron chi connectivity index (χ3n) is 4.99. The lowest BCUT2D eigenvalue weighted by Crippen LogP contribution is -2.38. The fraction of sp³-hybridized carbons (Fsp3) is 0.364. The molecule has 4 nitrogen and oxygen atoms in total. The summed E-state index contributed by atoms with van der Waals surface area (Å²) in [5.74, 6) is -0.0374. The molecule has 136 valence electrons. The third-order valence-corrected chi connectivity index (χ3v) is 4.99. The van der Waals surface area contributed by atoms with Crippen LogP contribution in [-0.4, -0.2) is 41.2 Å².